The number of anilines is 1. The van der Waals surface area contributed by atoms with E-state index in [1.807, 2.05) is 5.38 Å². The van der Waals surface area contributed by atoms with Crippen LogP contribution in [0.15, 0.2) is 34.2 Å². The lowest BCUT2D eigenvalue weighted by Gasteiger charge is -1.94. The fourth-order valence-electron chi connectivity index (χ4n) is 1.94. The first-order chi connectivity index (χ1) is 10.2. The van der Waals surface area contributed by atoms with Crippen molar-refractivity contribution in [2.45, 2.75) is 19.3 Å². The molecule has 2 heterocycles. The molecule has 3 N–H and O–H groups in total. The summed E-state index contributed by atoms with van der Waals surface area (Å²) in [6, 6.07) is 6.69. The fourth-order valence-corrected chi connectivity index (χ4v) is 2.54. The fraction of sp³-hybridized carbons (Fsp3) is 0.214. The minimum atomic E-state index is 0.213. The highest BCUT2D eigenvalue weighted by Gasteiger charge is 2.09. The number of hydrogen-bond acceptors (Lipinski definition) is 7. The standard InChI is InChI=1S/C14H14N4O2S/c15-14-16-10(8-21-14)2-1-3-12-17-13(18-20-12)9-4-6-11(19)7-5-9/h4-8,19H,1-3H2,(H2,15,16). The Morgan fingerprint density at radius 3 is 2.67 bits per heavy atom. The Morgan fingerprint density at radius 1 is 1.14 bits per heavy atom. The van der Waals surface area contributed by atoms with Crippen LogP contribution >= 0.6 is 11.3 Å². The third kappa shape index (κ3) is 3.38. The van der Waals surface area contributed by atoms with E-state index in [-0.39, 0.29) is 5.75 Å². The molecule has 7 heteroatoms. The summed E-state index contributed by atoms with van der Waals surface area (Å²) in [5, 5.41) is 15.8. The first-order valence-electron chi connectivity index (χ1n) is 6.52. The summed E-state index contributed by atoms with van der Waals surface area (Å²) < 4.78 is 5.23. The van der Waals surface area contributed by atoms with E-state index in [4.69, 9.17) is 10.3 Å². The predicted molar refractivity (Wildman–Crippen MR) is 80.0 cm³/mol. The smallest absolute Gasteiger partial charge is 0.226 e. The monoisotopic (exact) mass is 302 g/mol. The summed E-state index contributed by atoms with van der Waals surface area (Å²) in [6.45, 7) is 0. The van der Waals surface area contributed by atoms with Crippen molar-refractivity contribution in [2.75, 3.05) is 5.73 Å². The predicted octanol–water partition coefficient (Wildman–Crippen LogP) is 2.66. The second kappa shape index (κ2) is 5.92. The Balaban J connectivity index is 1.59. The van der Waals surface area contributed by atoms with Gasteiger partial charge in [0, 0.05) is 17.4 Å². The van der Waals surface area contributed by atoms with Crippen LogP contribution < -0.4 is 5.73 Å². The van der Waals surface area contributed by atoms with Gasteiger partial charge in [0.2, 0.25) is 11.7 Å². The molecule has 0 bridgehead atoms. The molecule has 0 fully saturated rings. The molecule has 3 rings (SSSR count). The zero-order valence-electron chi connectivity index (χ0n) is 11.2. The Morgan fingerprint density at radius 2 is 1.95 bits per heavy atom. The second-order valence-corrected chi connectivity index (χ2v) is 5.48. The van der Waals surface area contributed by atoms with Crippen molar-refractivity contribution in [1.82, 2.24) is 15.1 Å². The Bertz CT molecular complexity index is 721. The van der Waals surface area contributed by atoms with E-state index < -0.39 is 0 Å². The van der Waals surface area contributed by atoms with Gasteiger partial charge in [-0.1, -0.05) is 5.16 Å². The lowest BCUT2D eigenvalue weighted by molar-refractivity contribution is 0.376. The topological polar surface area (TPSA) is 98.1 Å². The molecule has 6 nitrogen and oxygen atoms in total. The molecule has 0 unspecified atom stereocenters. The largest absolute Gasteiger partial charge is 0.508 e. The molecule has 3 aromatic rings. The van der Waals surface area contributed by atoms with Gasteiger partial charge >= 0.3 is 0 Å². The van der Waals surface area contributed by atoms with E-state index in [1.165, 1.54) is 11.3 Å². The SMILES string of the molecule is Nc1nc(CCCc2nc(-c3ccc(O)cc3)no2)cs1. The Hall–Kier alpha value is -2.41. The van der Waals surface area contributed by atoms with Gasteiger partial charge in [-0.25, -0.2) is 4.98 Å². The summed E-state index contributed by atoms with van der Waals surface area (Å²) in [7, 11) is 0. The highest BCUT2D eigenvalue weighted by Crippen LogP contribution is 2.19. The number of rotatable bonds is 5. The molecular formula is C14H14N4O2S. The molecule has 0 radical (unpaired) electrons. The lowest BCUT2D eigenvalue weighted by Crippen LogP contribution is -1.92. The number of thiazole rings is 1. The summed E-state index contributed by atoms with van der Waals surface area (Å²) in [6.07, 6.45) is 2.41. The van der Waals surface area contributed by atoms with Gasteiger partial charge in [-0.2, -0.15) is 4.98 Å². The van der Waals surface area contributed by atoms with Crippen LogP contribution in [0.1, 0.15) is 18.0 Å². The van der Waals surface area contributed by atoms with Gasteiger partial charge in [0.05, 0.1) is 5.69 Å². The number of phenols is 1. The summed E-state index contributed by atoms with van der Waals surface area (Å²) in [4.78, 5) is 8.55. The van der Waals surface area contributed by atoms with Gasteiger partial charge in [0.15, 0.2) is 5.13 Å². The van der Waals surface area contributed by atoms with E-state index in [0.717, 1.165) is 24.1 Å². The average Bonchev–Trinajstić information content (AvgIpc) is 3.09. The molecule has 0 aliphatic carbocycles. The van der Waals surface area contributed by atoms with Crippen LogP contribution in [-0.2, 0) is 12.8 Å². The van der Waals surface area contributed by atoms with Crippen LogP contribution in [0, 0.1) is 0 Å². The summed E-state index contributed by atoms with van der Waals surface area (Å²) >= 11 is 1.45. The van der Waals surface area contributed by atoms with Gasteiger partial charge in [-0.05, 0) is 37.1 Å². The number of nitrogens with two attached hydrogens (primary N) is 1. The van der Waals surface area contributed by atoms with Crippen LogP contribution in [0.4, 0.5) is 5.13 Å². The molecular weight excluding hydrogens is 288 g/mol. The van der Waals surface area contributed by atoms with Gasteiger partial charge in [-0.15, -0.1) is 11.3 Å². The Kier molecular flexibility index (Phi) is 3.83. The quantitative estimate of drug-likeness (QED) is 0.752. The zero-order chi connectivity index (χ0) is 14.7. The Labute approximate surface area is 125 Å². The molecule has 0 aliphatic rings. The van der Waals surface area contributed by atoms with Gasteiger partial charge in [0.1, 0.15) is 5.75 Å². The van der Waals surface area contributed by atoms with Crippen LogP contribution in [0.5, 0.6) is 5.75 Å². The van der Waals surface area contributed by atoms with Crippen LogP contribution in [0.3, 0.4) is 0 Å². The minimum Gasteiger partial charge on any atom is -0.508 e. The minimum absolute atomic E-state index is 0.213. The number of hydrogen-bond donors (Lipinski definition) is 2. The maximum atomic E-state index is 9.26. The second-order valence-electron chi connectivity index (χ2n) is 4.59. The maximum Gasteiger partial charge on any atom is 0.226 e. The van der Waals surface area contributed by atoms with Crippen LogP contribution in [-0.4, -0.2) is 20.2 Å². The number of aromatic nitrogens is 3. The van der Waals surface area contributed by atoms with Crippen LogP contribution in [0.2, 0.25) is 0 Å². The molecule has 0 spiro atoms. The highest BCUT2D eigenvalue weighted by atomic mass is 32.1. The van der Waals surface area contributed by atoms with Gasteiger partial charge < -0.3 is 15.4 Å². The van der Waals surface area contributed by atoms with Crippen molar-refractivity contribution in [1.29, 1.82) is 0 Å². The van der Waals surface area contributed by atoms with E-state index in [2.05, 4.69) is 15.1 Å². The molecule has 0 saturated carbocycles. The molecule has 108 valence electrons. The summed E-state index contributed by atoms with van der Waals surface area (Å²) in [5.74, 6) is 1.34. The number of aromatic hydroxyl groups is 1. The molecule has 21 heavy (non-hydrogen) atoms. The first-order valence-corrected chi connectivity index (χ1v) is 7.40. The summed E-state index contributed by atoms with van der Waals surface area (Å²) in [5.41, 5.74) is 7.40. The number of nitrogens with zero attached hydrogens (tertiary/aromatic N) is 3. The van der Waals surface area contributed by atoms with Crippen molar-refractivity contribution in [2.24, 2.45) is 0 Å². The third-order valence-electron chi connectivity index (χ3n) is 2.99. The lowest BCUT2D eigenvalue weighted by atomic mass is 10.2. The average molecular weight is 302 g/mol. The molecule has 1 aromatic carbocycles. The van der Waals surface area contributed by atoms with E-state index in [1.54, 1.807) is 24.3 Å². The van der Waals surface area contributed by atoms with Crippen LogP contribution in [0.25, 0.3) is 11.4 Å². The number of nitrogen functional groups attached to an aromatic ring is 1. The first kappa shape index (κ1) is 13.6. The van der Waals surface area contributed by atoms with Gasteiger partial charge in [-0.3, -0.25) is 0 Å². The molecule has 2 aromatic heterocycles. The maximum absolute atomic E-state index is 9.26. The molecule has 0 amide bonds. The highest BCUT2D eigenvalue weighted by molar-refractivity contribution is 7.13. The van der Waals surface area contributed by atoms with Crippen molar-refractivity contribution >= 4 is 16.5 Å². The number of benzene rings is 1. The van der Waals surface area contributed by atoms with Crippen molar-refractivity contribution in [3.05, 3.63) is 41.2 Å². The zero-order valence-corrected chi connectivity index (χ0v) is 12.0. The normalized spacial score (nSPS) is 10.9. The third-order valence-corrected chi connectivity index (χ3v) is 3.71. The number of aryl methyl sites for hydroxylation is 2. The van der Waals surface area contributed by atoms with Gasteiger partial charge in [0.25, 0.3) is 0 Å². The van der Waals surface area contributed by atoms with E-state index >= 15 is 0 Å². The van der Waals surface area contributed by atoms with Crippen molar-refractivity contribution in [3.8, 4) is 17.1 Å². The van der Waals surface area contributed by atoms with E-state index in [9.17, 15) is 5.11 Å². The molecule has 0 aliphatic heterocycles. The molecule has 0 saturated heterocycles. The van der Waals surface area contributed by atoms with Crippen molar-refractivity contribution in [3.63, 3.8) is 0 Å². The van der Waals surface area contributed by atoms with E-state index in [0.29, 0.717) is 23.3 Å². The van der Waals surface area contributed by atoms with Crippen molar-refractivity contribution < 1.29 is 9.63 Å². The molecule has 0 atom stereocenters. The number of phenolic OH excluding ortho intramolecular Hbond substituents is 1.